The Kier molecular flexibility index (Phi) is 8.20. The predicted molar refractivity (Wildman–Crippen MR) is 55.3 cm³/mol. The van der Waals surface area contributed by atoms with Crippen molar-refractivity contribution in [3.05, 3.63) is 0 Å². The van der Waals surface area contributed by atoms with E-state index in [4.69, 9.17) is 0 Å². The van der Waals surface area contributed by atoms with Gasteiger partial charge in [-0.15, -0.1) is 0 Å². The molecule has 2 aliphatic carbocycles. The Bertz CT molecular complexity index is 85.7. The van der Waals surface area contributed by atoms with Crippen LogP contribution in [0.15, 0.2) is 0 Å². The average molecular weight is 224 g/mol. The quantitative estimate of drug-likeness (QED) is 0.535. The first-order chi connectivity index (χ1) is 5.79. The van der Waals surface area contributed by atoms with Crippen LogP contribution in [0.5, 0.6) is 0 Å². The van der Waals surface area contributed by atoms with Crippen LogP contribution in [-0.2, 0) is 17.1 Å². The van der Waals surface area contributed by atoms with E-state index in [0.717, 1.165) is 11.8 Å². The summed E-state index contributed by atoms with van der Waals surface area (Å²) in [7, 11) is 0. The fraction of sp³-hybridized carbons (Fsp3) is 1.00. The summed E-state index contributed by atoms with van der Waals surface area (Å²) in [6, 6.07) is 0. The summed E-state index contributed by atoms with van der Waals surface area (Å²) in [4.78, 5) is 0. The van der Waals surface area contributed by atoms with E-state index < -0.39 is 0 Å². The van der Waals surface area contributed by atoms with Crippen molar-refractivity contribution in [3.8, 4) is 0 Å². The minimum atomic E-state index is 0. The molecule has 2 rings (SSSR count). The second-order valence-corrected chi connectivity index (χ2v) is 4.78. The van der Waals surface area contributed by atoms with Crippen LogP contribution in [0, 0.1) is 11.8 Å². The van der Waals surface area contributed by atoms with Crippen molar-refractivity contribution in [2.75, 3.05) is 0 Å². The zero-order valence-electron chi connectivity index (χ0n) is 9.17. The zero-order chi connectivity index (χ0) is 8.81. The molecular formula is C12H24Fe. The van der Waals surface area contributed by atoms with Gasteiger partial charge in [0.15, 0.2) is 0 Å². The summed E-state index contributed by atoms with van der Waals surface area (Å²) in [6.07, 6.45) is 11.9. The van der Waals surface area contributed by atoms with E-state index in [9.17, 15) is 0 Å². The van der Waals surface area contributed by atoms with E-state index in [1.54, 1.807) is 0 Å². The number of hydrogen-bond donors (Lipinski definition) is 0. The van der Waals surface area contributed by atoms with E-state index in [-0.39, 0.29) is 17.1 Å². The third kappa shape index (κ3) is 6.57. The third-order valence-corrected chi connectivity index (χ3v) is 3.29. The molecule has 0 aromatic carbocycles. The van der Waals surface area contributed by atoms with Gasteiger partial charge in [-0.1, -0.05) is 65.2 Å². The van der Waals surface area contributed by atoms with Gasteiger partial charge in [0.2, 0.25) is 0 Å². The molecule has 0 saturated heterocycles. The van der Waals surface area contributed by atoms with Gasteiger partial charge in [-0.2, -0.15) is 0 Å². The molecule has 0 N–H and O–H groups in total. The van der Waals surface area contributed by atoms with Gasteiger partial charge in [0.05, 0.1) is 0 Å². The van der Waals surface area contributed by atoms with Crippen molar-refractivity contribution in [1.82, 2.24) is 0 Å². The van der Waals surface area contributed by atoms with Gasteiger partial charge < -0.3 is 0 Å². The molecule has 0 atom stereocenters. The summed E-state index contributed by atoms with van der Waals surface area (Å²) in [5, 5.41) is 0. The maximum Gasteiger partial charge on any atom is 0 e. The van der Waals surface area contributed by atoms with E-state index >= 15 is 0 Å². The second-order valence-electron chi connectivity index (χ2n) is 4.78. The molecule has 0 spiro atoms. The SMILES string of the molecule is CC1CCCC1.CC1CCCC1.[Fe]. The van der Waals surface area contributed by atoms with Crippen LogP contribution < -0.4 is 0 Å². The largest absolute Gasteiger partial charge is 0.0625 e. The molecule has 0 amide bonds. The minimum absolute atomic E-state index is 0. The molecular weight excluding hydrogens is 200 g/mol. The van der Waals surface area contributed by atoms with Crippen LogP contribution in [0.4, 0.5) is 0 Å². The number of hydrogen-bond acceptors (Lipinski definition) is 0. The Balaban J connectivity index is 0.000000206. The Morgan fingerprint density at radius 3 is 0.923 bits per heavy atom. The first-order valence-corrected chi connectivity index (χ1v) is 5.79. The molecule has 0 bridgehead atoms. The van der Waals surface area contributed by atoms with Crippen molar-refractivity contribution in [3.63, 3.8) is 0 Å². The smallest absolute Gasteiger partial charge is 0 e. The minimum Gasteiger partial charge on any atom is -0.0625 e. The van der Waals surface area contributed by atoms with Crippen LogP contribution in [0.1, 0.15) is 65.2 Å². The molecule has 2 saturated carbocycles. The summed E-state index contributed by atoms with van der Waals surface area (Å²) in [5.41, 5.74) is 0. The molecule has 0 aromatic rings. The second kappa shape index (κ2) is 7.88. The Hall–Kier alpha value is 0.519. The van der Waals surface area contributed by atoms with Crippen LogP contribution in [0.3, 0.4) is 0 Å². The Morgan fingerprint density at radius 2 is 0.846 bits per heavy atom. The molecule has 80 valence electrons. The van der Waals surface area contributed by atoms with Gasteiger partial charge in [0.25, 0.3) is 0 Å². The summed E-state index contributed by atoms with van der Waals surface area (Å²) in [5.74, 6) is 2.09. The predicted octanol–water partition coefficient (Wildman–Crippen LogP) is 4.39. The molecule has 1 heteroatoms. The topological polar surface area (TPSA) is 0 Å². The van der Waals surface area contributed by atoms with Crippen molar-refractivity contribution in [1.29, 1.82) is 0 Å². The van der Waals surface area contributed by atoms with E-state index in [1.807, 2.05) is 0 Å². The molecule has 0 heterocycles. The van der Waals surface area contributed by atoms with Crippen molar-refractivity contribution >= 4 is 0 Å². The maximum absolute atomic E-state index is 2.34. The summed E-state index contributed by atoms with van der Waals surface area (Å²) < 4.78 is 0. The molecule has 13 heavy (non-hydrogen) atoms. The Morgan fingerprint density at radius 1 is 0.615 bits per heavy atom. The maximum atomic E-state index is 2.34. The monoisotopic (exact) mass is 224 g/mol. The molecule has 0 unspecified atom stereocenters. The van der Waals surface area contributed by atoms with Gasteiger partial charge in [-0.3, -0.25) is 0 Å². The first kappa shape index (κ1) is 13.5. The van der Waals surface area contributed by atoms with Crippen molar-refractivity contribution in [2.24, 2.45) is 11.8 Å². The molecule has 2 fully saturated rings. The van der Waals surface area contributed by atoms with Crippen LogP contribution >= 0.6 is 0 Å². The first-order valence-electron chi connectivity index (χ1n) is 5.79. The normalized spacial score (nSPS) is 23.5. The summed E-state index contributed by atoms with van der Waals surface area (Å²) in [6.45, 7) is 4.68. The molecule has 0 aliphatic heterocycles. The number of rotatable bonds is 0. The van der Waals surface area contributed by atoms with E-state index in [0.29, 0.717) is 0 Å². The van der Waals surface area contributed by atoms with Gasteiger partial charge in [0, 0.05) is 17.1 Å². The molecule has 0 aromatic heterocycles. The van der Waals surface area contributed by atoms with E-state index in [2.05, 4.69) is 13.8 Å². The third-order valence-electron chi connectivity index (χ3n) is 3.29. The summed E-state index contributed by atoms with van der Waals surface area (Å²) >= 11 is 0. The fourth-order valence-corrected chi connectivity index (χ4v) is 2.26. The van der Waals surface area contributed by atoms with Gasteiger partial charge >= 0.3 is 0 Å². The van der Waals surface area contributed by atoms with Crippen LogP contribution in [0.25, 0.3) is 0 Å². The molecule has 0 radical (unpaired) electrons. The Labute approximate surface area is 94.3 Å². The zero-order valence-corrected chi connectivity index (χ0v) is 10.3. The van der Waals surface area contributed by atoms with E-state index in [1.165, 1.54) is 51.4 Å². The fourth-order valence-electron chi connectivity index (χ4n) is 2.26. The van der Waals surface area contributed by atoms with Crippen molar-refractivity contribution < 1.29 is 17.1 Å². The molecule has 0 nitrogen and oxygen atoms in total. The van der Waals surface area contributed by atoms with Crippen LogP contribution in [0.2, 0.25) is 0 Å². The van der Waals surface area contributed by atoms with Gasteiger partial charge in [0.1, 0.15) is 0 Å². The van der Waals surface area contributed by atoms with Crippen LogP contribution in [-0.4, -0.2) is 0 Å². The van der Waals surface area contributed by atoms with Crippen molar-refractivity contribution in [2.45, 2.75) is 65.2 Å². The standard InChI is InChI=1S/2C6H12.Fe/c2*1-6-4-2-3-5-6;/h2*6H,2-5H2,1H3;. The van der Waals surface area contributed by atoms with Gasteiger partial charge in [-0.05, 0) is 11.8 Å². The average Bonchev–Trinajstić information content (AvgIpc) is 2.63. The van der Waals surface area contributed by atoms with Gasteiger partial charge in [-0.25, -0.2) is 0 Å². The molecule has 2 aliphatic rings.